The summed E-state index contributed by atoms with van der Waals surface area (Å²) >= 11 is 0. The number of hydrogen-bond acceptors (Lipinski definition) is 5. The first kappa shape index (κ1) is 14.8. The van der Waals surface area contributed by atoms with Gasteiger partial charge in [0.15, 0.2) is 0 Å². The van der Waals surface area contributed by atoms with Gasteiger partial charge in [0.1, 0.15) is 5.82 Å². The second kappa shape index (κ2) is 8.79. The van der Waals surface area contributed by atoms with Crippen molar-refractivity contribution in [2.24, 2.45) is 0 Å². The first-order valence-electron chi connectivity index (χ1n) is 6.12. The molecule has 1 aromatic heterocycles. The van der Waals surface area contributed by atoms with E-state index in [0.717, 1.165) is 6.54 Å². The fourth-order valence-electron chi connectivity index (χ4n) is 1.38. The van der Waals surface area contributed by atoms with E-state index in [-0.39, 0.29) is 5.56 Å². The Morgan fingerprint density at radius 3 is 2.89 bits per heavy atom. The number of methoxy groups -OCH3 is 1. The molecule has 0 atom stereocenters. The summed E-state index contributed by atoms with van der Waals surface area (Å²) in [6.07, 6.45) is 2.21. The molecule has 6 heteroatoms. The minimum Gasteiger partial charge on any atom is -0.382 e. The Morgan fingerprint density at radius 2 is 2.22 bits per heavy atom. The molecule has 0 unspecified atom stereocenters. The third-order valence-corrected chi connectivity index (χ3v) is 2.41. The predicted molar refractivity (Wildman–Crippen MR) is 68.6 cm³/mol. The van der Waals surface area contributed by atoms with Crippen LogP contribution in [0.25, 0.3) is 0 Å². The van der Waals surface area contributed by atoms with Crippen LogP contribution in [-0.4, -0.2) is 43.4 Å². The van der Waals surface area contributed by atoms with Gasteiger partial charge in [-0.2, -0.15) is 0 Å². The lowest BCUT2D eigenvalue weighted by Gasteiger charge is -2.05. The van der Waals surface area contributed by atoms with Crippen LogP contribution in [-0.2, 0) is 22.4 Å². The molecule has 0 aliphatic heterocycles. The van der Waals surface area contributed by atoms with Crippen molar-refractivity contribution in [3.63, 3.8) is 0 Å². The van der Waals surface area contributed by atoms with E-state index in [0.29, 0.717) is 44.2 Å². The molecular formula is C12H21N3O3. The van der Waals surface area contributed by atoms with Crippen LogP contribution in [0.2, 0.25) is 0 Å². The molecule has 2 N–H and O–H groups in total. The monoisotopic (exact) mass is 255 g/mol. The zero-order valence-electron chi connectivity index (χ0n) is 11.0. The average molecular weight is 255 g/mol. The van der Waals surface area contributed by atoms with Gasteiger partial charge < -0.3 is 19.8 Å². The van der Waals surface area contributed by atoms with Gasteiger partial charge in [0.05, 0.1) is 19.8 Å². The van der Waals surface area contributed by atoms with E-state index >= 15 is 0 Å². The maximum Gasteiger partial charge on any atom is 0.255 e. The van der Waals surface area contributed by atoms with Crippen LogP contribution < -0.4 is 10.9 Å². The first-order valence-corrected chi connectivity index (χ1v) is 6.12. The Labute approximate surface area is 107 Å². The van der Waals surface area contributed by atoms with Crippen molar-refractivity contribution in [2.45, 2.75) is 19.9 Å². The quantitative estimate of drug-likeness (QED) is 0.611. The molecule has 0 saturated carbocycles. The summed E-state index contributed by atoms with van der Waals surface area (Å²) in [6, 6.07) is 0. The maximum absolute atomic E-state index is 11.7. The van der Waals surface area contributed by atoms with Crippen molar-refractivity contribution in [1.29, 1.82) is 0 Å². The van der Waals surface area contributed by atoms with E-state index in [2.05, 4.69) is 15.3 Å². The molecule has 0 spiro atoms. The highest BCUT2D eigenvalue weighted by Crippen LogP contribution is 1.92. The Kier molecular flexibility index (Phi) is 7.24. The lowest BCUT2D eigenvalue weighted by molar-refractivity contribution is 0.0716. The van der Waals surface area contributed by atoms with Crippen molar-refractivity contribution in [3.05, 3.63) is 27.9 Å². The number of aromatic nitrogens is 2. The van der Waals surface area contributed by atoms with Gasteiger partial charge in [-0.25, -0.2) is 4.98 Å². The van der Waals surface area contributed by atoms with E-state index in [4.69, 9.17) is 9.47 Å². The number of hydrogen-bond donors (Lipinski definition) is 2. The molecule has 0 aliphatic rings. The predicted octanol–water partition coefficient (Wildman–Crippen LogP) is 0.0849. The summed E-state index contributed by atoms with van der Waals surface area (Å²) < 4.78 is 10.2. The molecule has 1 aromatic rings. The van der Waals surface area contributed by atoms with Gasteiger partial charge in [-0.3, -0.25) is 4.79 Å². The molecule has 0 fully saturated rings. The Bertz CT molecular complexity index is 392. The molecule has 6 nitrogen and oxygen atoms in total. The number of rotatable bonds is 9. The highest BCUT2D eigenvalue weighted by Gasteiger charge is 2.02. The molecular weight excluding hydrogens is 234 g/mol. The van der Waals surface area contributed by atoms with Crippen LogP contribution in [0.3, 0.4) is 0 Å². The van der Waals surface area contributed by atoms with Crippen LogP contribution in [0.4, 0.5) is 0 Å². The largest absolute Gasteiger partial charge is 0.382 e. The summed E-state index contributed by atoms with van der Waals surface area (Å²) in [4.78, 5) is 18.6. The zero-order chi connectivity index (χ0) is 13.2. The lowest BCUT2D eigenvalue weighted by Crippen LogP contribution is -2.23. The van der Waals surface area contributed by atoms with E-state index in [1.54, 1.807) is 13.3 Å². The average Bonchev–Trinajstić information content (AvgIpc) is 2.37. The minimum atomic E-state index is -0.0853. The van der Waals surface area contributed by atoms with E-state index < -0.39 is 0 Å². The van der Waals surface area contributed by atoms with Gasteiger partial charge in [-0.05, 0) is 6.54 Å². The molecule has 18 heavy (non-hydrogen) atoms. The summed E-state index contributed by atoms with van der Waals surface area (Å²) in [6.45, 7) is 5.02. The zero-order valence-corrected chi connectivity index (χ0v) is 11.0. The fraction of sp³-hybridized carbons (Fsp3) is 0.667. The highest BCUT2D eigenvalue weighted by atomic mass is 16.5. The molecule has 0 bridgehead atoms. The maximum atomic E-state index is 11.7. The van der Waals surface area contributed by atoms with E-state index in [1.807, 2.05) is 6.92 Å². The number of nitrogens with zero attached hydrogens (tertiary/aromatic N) is 1. The van der Waals surface area contributed by atoms with Gasteiger partial charge in [0.25, 0.3) is 5.56 Å². The summed E-state index contributed by atoms with van der Waals surface area (Å²) in [5.74, 6) is 0.651. The molecule has 1 heterocycles. The van der Waals surface area contributed by atoms with E-state index in [9.17, 15) is 4.79 Å². The van der Waals surface area contributed by atoms with Crippen LogP contribution in [0, 0.1) is 0 Å². The van der Waals surface area contributed by atoms with Gasteiger partial charge >= 0.3 is 0 Å². The van der Waals surface area contributed by atoms with Gasteiger partial charge in [0.2, 0.25) is 0 Å². The third-order valence-electron chi connectivity index (χ3n) is 2.41. The van der Waals surface area contributed by atoms with Crippen LogP contribution in [0.1, 0.15) is 18.3 Å². The number of aromatic amines is 1. The van der Waals surface area contributed by atoms with Crippen molar-refractivity contribution >= 4 is 0 Å². The standard InChI is InChI=1S/C12H21N3O3/c1-3-13-8-10-9-14-11(15-12(10)16)4-5-18-7-6-17-2/h9,13H,3-8H2,1-2H3,(H,14,15,16). The van der Waals surface area contributed by atoms with Gasteiger partial charge in [0, 0.05) is 31.8 Å². The number of nitrogens with one attached hydrogen (secondary N) is 2. The summed E-state index contributed by atoms with van der Waals surface area (Å²) in [5.41, 5.74) is 0.568. The molecule has 0 saturated heterocycles. The Balaban J connectivity index is 2.39. The molecule has 1 rings (SSSR count). The van der Waals surface area contributed by atoms with Crippen LogP contribution in [0.15, 0.2) is 11.0 Å². The van der Waals surface area contributed by atoms with Crippen molar-refractivity contribution in [1.82, 2.24) is 15.3 Å². The van der Waals surface area contributed by atoms with Crippen molar-refractivity contribution < 1.29 is 9.47 Å². The Morgan fingerprint density at radius 1 is 1.39 bits per heavy atom. The molecule has 0 aromatic carbocycles. The SMILES string of the molecule is CCNCc1cnc(CCOCCOC)[nH]c1=O. The minimum absolute atomic E-state index is 0.0853. The number of ether oxygens (including phenoxy) is 2. The molecule has 102 valence electrons. The topological polar surface area (TPSA) is 76.2 Å². The highest BCUT2D eigenvalue weighted by molar-refractivity contribution is 5.05. The molecule has 0 aliphatic carbocycles. The van der Waals surface area contributed by atoms with Crippen LogP contribution in [0.5, 0.6) is 0 Å². The number of H-pyrrole nitrogens is 1. The first-order chi connectivity index (χ1) is 8.77. The molecule has 0 amide bonds. The van der Waals surface area contributed by atoms with Gasteiger partial charge in [-0.1, -0.05) is 6.92 Å². The van der Waals surface area contributed by atoms with E-state index in [1.165, 1.54) is 0 Å². The second-order valence-electron chi connectivity index (χ2n) is 3.82. The Hall–Kier alpha value is -1.24. The smallest absolute Gasteiger partial charge is 0.255 e. The lowest BCUT2D eigenvalue weighted by atomic mass is 10.3. The summed E-state index contributed by atoms with van der Waals surface area (Å²) in [7, 11) is 1.63. The van der Waals surface area contributed by atoms with Crippen LogP contribution >= 0.6 is 0 Å². The third kappa shape index (κ3) is 5.39. The van der Waals surface area contributed by atoms with Crippen molar-refractivity contribution in [2.75, 3.05) is 33.5 Å². The second-order valence-corrected chi connectivity index (χ2v) is 3.82. The summed E-state index contributed by atoms with van der Waals surface area (Å²) in [5, 5.41) is 3.09. The van der Waals surface area contributed by atoms with Gasteiger partial charge in [-0.15, -0.1) is 0 Å². The normalized spacial score (nSPS) is 10.8. The fourth-order valence-corrected chi connectivity index (χ4v) is 1.38. The van der Waals surface area contributed by atoms with Crippen molar-refractivity contribution in [3.8, 4) is 0 Å². The molecule has 0 radical (unpaired) electrons.